The maximum Gasteiger partial charge on any atom is 0.341 e. The topological polar surface area (TPSA) is 86.1 Å². The fourth-order valence-corrected chi connectivity index (χ4v) is 4.30. The summed E-state index contributed by atoms with van der Waals surface area (Å²) < 4.78 is 7.00. The number of carbonyl (C=O) groups is 2. The van der Waals surface area contributed by atoms with Gasteiger partial charge in [0.2, 0.25) is 5.91 Å². The maximum atomic E-state index is 12.5. The Kier molecular flexibility index (Phi) is 7.85. The Morgan fingerprint density at radius 2 is 2.15 bits per heavy atom. The van der Waals surface area contributed by atoms with Gasteiger partial charge in [0.1, 0.15) is 11.3 Å². The summed E-state index contributed by atoms with van der Waals surface area (Å²) in [6, 6.07) is 0. The first-order valence-corrected chi connectivity index (χ1v) is 10.7. The fraction of sp³-hybridized carbons (Fsp3) is 0.556. The maximum absolute atomic E-state index is 12.5. The molecule has 0 aliphatic rings. The molecule has 27 heavy (non-hydrogen) atoms. The van der Waals surface area contributed by atoms with Gasteiger partial charge in [-0.1, -0.05) is 32.0 Å². The Morgan fingerprint density at radius 1 is 1.41 bits per heavy atom. The molecule has 0 unspecified atom stereocenters. The molecule has 1 N–H and O–H groups in total. The molecule has 0 radical (unpaired) electrons. The minimum absolute atomic E-state index is 0.187. The Hall–Kier alpha value is -1.87. The van der Waals surface area contributed by atoms with Crippen LogP contribution in [-0.4, -0.2) is 39.0 Å². The molecule has 2 rings (SSSR count). The Bertz CT molecular complexity index is 801. The first-order chi connectivity index (χ1) is 12.9. The number of hydrogen-bond donors (Lipinski definition) is 1. The predicted molar refractivity (Wildman–Crippen MR) is 109 cm³/mol. The Labute approximate surface area is 167 Å². The molecule has 0 aromatic carbocycles. The number of carbonyl (C=O) groups excluding carboxylic acids is 2. The van der Waals surface area contributed by atoms with Gasteiger partial charge in [-0.25, -0.2) is 4.79 Å². The van der Waals surface area contributed by atoms with Crippen LogP contribution in [0.4, 0.5) is 5.00 Å². The number of nitrogens with zero attached hydrogens (tertiary/aromatic N) is 3. The highest BCUT2D eigenvalue weighted by molar-refractivity contribution is 7.99. The molecular weight excluding hydrogens is 384 g/mol. The zero-order valence-corrected chi connectivity index (χ0v) is 18.0. The van der Waals surface area contributed by atoms with Gasteiger partial charge < -0.3 is 14.6 Å². The SMILES string of the molecule is CCOC(=O)c1c(NC(=O)CSc2nncn2C)sc(C)c1C[C@H](C)CC. The third-order valence-electron chi connectivity index (χ3n) is 4.19. The highest BCUT2D eigenvalue weighted by Crippen LogP contribution is 2.35. The van der Waals surface area contributed by atoms with Crippen LogP contribution >= 0.6 is 23.1 Å². The van der Waals surface area contributed by atoms with Crippen LogP contribution in [0.15, 0.2) is 11.5 Å². The normalized spacial score (nSPS) is 12.0. The summed E-state index contributed by atoms with van der Waals surface area (Å²) in [6.07, 6.45) is 3.40. The molecule has 2 heterocycles. The van der Waals surface area contributed by atoms with E-state index < -0.39 is 0 Å². The van der Waals surface area contributed by atoms with Gasteiger partial charge in [-0.2, -0.15) is 0 Å². The molecule has 1 amide bonds. The zero-order valence-electron chi connectivity index (χ0n) is 16.4. The molecular formula is C18H26N4O3S2. The van der Waals surface area contributed by atoms with Crippen molar-refractivity contribution in [2.45, 2.75) is 45.7 Å². The second-order valence-corrected chi connectivity index (χ2v) is 8.51. The zero-order chi connectivity index (χ0) is 20.0. The molecule has 9 heteroatoms. The first-order valence-electron chi connectivity index (χ1n) is 8.93. The average Bonchev–Trinajstić information content (AvgIpc) is 3.16. The summed E-state index contributed by atoms with van der Waals surface area (Å²) in [7, 11) is 1.82. The number of esters is 1. The molecule has 0 aliphatic heterocycles. The number of thioether (sulfide) groups is 1. The van der Waals surface area contributed by atoms with Gasteiger partial charge in [-0.05, 0) is 31.7 Å². The Balaban J connectivity index is 2.18. The fourth-order valence-electron chi connectivity index (χ4n) is 2.52. The highest BCUT2D eigenvalue weighted by Gasteiger charge is 2.25. The molecule has 148 valence electrons. The van der Waals surface area contributed by atoms with E-state index in [1.165, 1.54) is 23.1 Å². The van der Waals surface area contributed by atoms with Crippen molar-refractivity contribution in [1.82, 2.24) is 14.8 Å². The largest absolute Gasteiger partial charge is 0.462 e. The number of rotatable bonds is 9. The number of nitrogens with one attached hydrogen (secondary N) is 1. The second kappa shape index (κ2) is 9.89. The highest BCUT2D eigenvalue weighted by atomic mass is 32.2. The molecule has 0 saturated carbocycles. The minimum Gasteiger partial charge on any atom is -0.462 e. The van der Waals surface area contributed by atoms with Gasteiger partial charge in [-0.3, -0.25) is 4.79 Å². The van der Waals surface area contributed by atoms with Crippen molar-refractivity contribution >= 4 is 40.0 Å². The van der Waals surface area contributed by atoms with Crippen molar-refractivity contribution in [3.63, 3.8) is 0 Å². The standard InChI is InChI=1S/C18H26N4O3S2/c1-6-11(3)8-13-12(4)27-16(15(13)17(24)25-7-2)20-14(23)9-26-18-21-19-10-22(18)5/h10-11H,6-9H2,1-5H3,(H,20,23)/t11-/m1/s1. The summed E-state index contributed by atoms with van der Waals surface area (Å²) >= 11 is 2.72. The number of thiophene rings is 1. The molecule has 0 spiro atoms. The third-order valence-corrected chi connectivity index (χ3v) is 6.29. The first kappa shape index (κ1) is 21.4. The summed E-state index contributed by atoms with van der Waals surface area (Å²) in [6.45, 7) is 8.34. The van der Waals surface area contributed by atoms with Crippen LogP contribution in [0.3, 0.4) is 0 Å². The van der Waals surface area contributed by atoms with Crippen LogP contribution in [-0.2, 0) is 23.0 Å². The van der Waals surface area contributed by atoms with E-state index in [-0.39, 0.29) is 17.6 Å². The number of hydrogen-bond acceptors (Lipinski definition) is 7. The third kappa shape index (κ3) is 5.55. The van der Waals surface area contributed by atoms with Gasteiger partial charge in [-0.15, -0.1) is 21.5 Å². The van der Waals surface area contributed by atoms with Crippen molar-refractivity contribution in [2.75, 3.05) is 17.7 Å². The molecule has 2 aromatic rings. The smallest absolute Gasteiger partial charge is 0.341 e. The van der Waals surface area contributed by atoms with E-state index in [9.17, 15) is 9.59 Å². The number of aromatic nitrogens is 3. The van der Waals surface area contributed by atoms with Crippen LogP contribution in [0, 0.1) is 12.8 Å². The molecule has 0 bridgehead atoms. The van der Waals surface area contributed by atoms with E-state index in [2.05, 4.69) is 29.4 Å². The van der Waals surface area contributed by atoms with Crippen LogP contribution < -0.4 is 5.32 Å². The number of anilines is 1. The molecule has 2 aromatic heterocycles. The minimum atomic E-state index is -0.378. The average molecular weight is 411 g/mol. The number of amides is 1. The van der Waals surface area contributed by atoms with Crippen LogP contribution in [0.5, 0.6) is 0 Å². The van der Waals surface area contributed by atoms with Crippen LogP contribution in [0.2, 0.25) is 0 Å². The van der Waals surface area contributed by atoms with Gasteiger partial charge >= 0.3 is 5.97 Å². The van der Waals surface area contributed by atoms with Gasteiger partial charge in [0.25, 0.3) is 0 Å². The summed E-state index contributed by atoms with van der Waals surface area (Å²) in [5, 5.41) is 11.9. The summed E-state index contributed by atoms with van der Waals surface area (Å²) in [5.41, 5.74) is 1.47. The quantitative estimate of drug-likeness (QED) is 0.501. The Morgan fingerprint density at radius 3 is 2.74 bits per heavy atom. The van der Waals surface area contributed by atoms with Crippen molar-refractivity contribution < 1.29 is 14.3 Å². The van der Waals surface area contributed by atoms with Gasteiger partial charge in [0.05, 0.1) is 17.9 Å². The lowest BCUT2D eigenvalue weighted by Gasteiger charge is -2.12. The lowest BCUT2D eigenvalue weighted by atomic mass is 9.96. The molecule has 7 nitrogen and oxygen atoms in total. The van der Waals surface area contributed by atoms with Gasteiger partial charge in [0, 0.05) is 11.9 Å². The van der Waals surface area contributed by atoms with Crippen LogP contribution in [0.25, 0.3) is 0 Å². The summed E-state index contributed by atoms with van der Waals surface area (Å²) in [5.74, 6) is 0.0645. The molecule has 1 atom stereocenters. The van der Waals surface area contributed by atoms with E-state index in [0.29, 0.717) is 28.2 Å². The lowest BCUT2D eigenvalue weighted by molar-refractivity contribution is -0.113. The predicted octanol–water partition coefficient (Wildman–Crippen LogP) is 3.68. The van der Waals surface area contributed by atoms with Crippen molar-refractivity contribution in [2.24, 2.45) is 13.0 Å². The van der Waals surface area contributed by atoms with Crippen molar-refractivity contribution in [1.29, 1.82) is 0 Å². The van der Waals surface area contributed by atoms with Gasteiger partial charge in [0.15, 0.2) is 5.16 Å². The van der Waals surface area contributed by atoms with E-state index in [4.69, 9.17) is 4.74 Å². The van der Waals surface area contributed by atoms with E-state index in [0.717, 1.165) is 23.3 Å². The number of aryl methyl sites for hydroxylation is 2. The molecule has 0 aliphatic carbocycles. The van der Waals surface area contributed by atoms with Crippen molar-refractivity contribution in [3.05, 3.63) is 22.3 Å². The van der Waals surface area contributed by atoms with E-state index in [1.807, 2.05) is 14.0 Å². The van der Waals surface area contributed by atoms with Crippen LogP contribution in [0.1, 0.15) is 48.0 Å². The molecule has 0 fully saturated rings. The van der Waals surface area contributed by atoms with Crippen molar-refractivity contribution in [3.8, 4) is 0 Å². The lowest BCUT2D eigenvalue weighted by Crippen LogP contribution is -2.17. The number of ether oxygens (including phenoxy) is 1. The monoisotopic (exact) mass is 410 g/mol. The second-order valence-electron chi connectivity index (χ2n) is 6.34. The van der Waals surface area contributed by atoms with E-state index >= 15 is 0 Å². The molecule has 0 saturated heterocycles. The van der Waals surface area contributed by atoms with E-state index in [1.54, 1.807) is 17.8 Å². The summed E-state index contributed by atoms with van der Waals surface area (Å²) in [4.78, 5) is 26.0.